The van der Waals surface area contributed by atoms with Crippen molar-refractivity contribution >= 4 is 17.7 Å². The predicted molar refractivity (Wildman–Crippen MR) is 107 cm³/mol. The lowest BCUT2D eigenvalue weighted by Crippen LogP contribution is -2.49. The smallest absolute Gasteiger partial charge is 0.409 e. The van der Waals surface area contributed by atoms with Crippen molar-refractivity contribution in [3.05, 3.63) is 65.2 Å². The monoisotopic (exact) mass is 415 g/mol. The Morgan fingerprint density at radius 2 is 1.90 bits per heavy atom. The van der Waals surface area contributed by atoms with Gasteiger partial charge in [-0.3, -0.25) is 4.79 Å². The predicted octanol–water partition coefficient (Wildman–Crippen LogP) is 4.15. The van der Waals surface area contributed by atoms with Gasteiger partial charge >= 0.3 is 6.09 Å². The first kappa shape index (κ1) is 20.1. The number of fused-ring (bicyclic) bond motifs is 1. The Hall–Kier alpha value is -3.16. The molecule has 1 saturated heterocycles. The van der Waals surface area contributed by atoms with Gasteiger partial charge in [0.15, 0.2) is 0 Å². The summed E-state index contributed by atoms with van der Waals surface area (Å²) < 4.78 is 32.7. The third-order valence-corrected chi connectivity index (χ3v) is 5.61. The molecule has 1 N–H and O–H groups in total. The molecule has 0 spiro atoms. The number of piperidine rings is 1. The fraction of sp³-hybridized carbons (Fsp3) is 0.364. The van der Waals surface area contributed by atoms with Crippen molar-refractivity contribution in [2.45, 2.75) is 32.0 Å². The normalized spacial score (nSPS) is 19.0. The van der Waals surface area contributed by atoms with E-state index in [1.807, 2.05) is 12.1 Å². The van der Waals surface area contributed by atoms with Crippen LogP contribution in [-0.2, 0) is 4.74 Å². The van der Waals surface area contributed by atoms with E-state index in [0.717, 1.165) is 11.6 Å². The third-order valence-electron chi connectivity index (χ3n) is 5.61. The lowest BCUT2D eigenvalue weighted by atomic mass is 10.0. The average molecular weight is 415 g/mol. The number of halogens is 2. The molecule has 0 radical (unpaired) electrons. The molecule has 8 heteroatoms. The molecule has 1 fully saturated rings. The minimum absolute atomic E-state index is 0.125. The van der Waals surface area contributed by atoms with E-state index in [0.29, 0.717) is 38.1 Å². The molecule has 0 aromatic heterocycles. The highest BCUT2D eigenvalue weighted by atomic mass is 19.1. The minimum Gasteiger partial charge on any atom is -0.450 e. The Morgan fingerprint density at radius 1 is 1.17 bits per heavy atom. The van der Waals surface area contributed by atoms with E-state index < -0.39 is 17.8 Å². The van der Waals surface area contributed by atoms with Gasteiger partial charge in [-0.1, -0.05) is 18.2 Å². The molecule has 30 heavy (non-hydrogen) atoms. The standard InChI is InChI=1S/C22H23F2N3O3/c1-2-30-22(29)26-11-9-15(10-12-26)27-20(16-5-3-4-6-17(16)21(27)28)25-19-8-7-14(23)13-18(19)24/h3-8,13,15,20,25H,2,9-12H2,1H3. The summed E-state index contributed by atoms with van der Waals surface area (Å²) in [5, 5.41) is 3.08. The summed E-state index contributed by atoms with van der Waals surface area (Å²) in [7, 11) is 0. The average Bonchev–Trinajstić information content (AvgIpc) is 3.02. The number of ether oxygens (including phenoxy) is 1. The van der Waals surface area contributed by atoms with E-state index in [2.05, 4.69) is 5.32 Å². The second-order valence-electron chi connectivity index (χ2n) is 7.39. The zero-order chi connectivity index (χ0) is 21.3. The molecule has 2 aromatic carbocycles. The molecule has 158 valence electrons. The van der Waals surface area contributed by atoms with Crippen LogP contribution in [0.1, 0.15) is 41.9 Å². The van der Waals surface area contributed by atoms with Crippen molar-refractivity contribution in [1.82, 2.24) is 9.80 Å². The zero-order valence-corrected chi connectivity index (χ0v) is 16.6. The van der Waals surface area contributed by atoms with E-state index in [-0.39, 0.29) is 23.7 Å². The van der Waals surface area contributed by atoms with Crippen molar-refractivity contribution in [1.29, 1.82) is 0 Å². The summed E-state index contributed by atoms with van der Waals surface area (Å²) in [5.41, 5.74) is 1.43. The van der Waals surface area contributed by atoms with Gasteiger partial charge in [-0.15, -0.1) is 0 Å². The van der Waals surface area contributed by atoms with Crippen LogP contribution < -0.4 is 5.32 Å². The molecule has 1 atom stereocenters. The first-order valence-corrected chi connectivity index (χ1v) is 10.0. The molecule has 1 unspecified atom stereocenters. The highest BCUT2D eigenvalue weighted by Crippen LogP contribution is 2.38. The topological polar surface area (TPSA) is 61.9 Å². The SMILES string of the molecule is CCOC(=O)N1CCC(N2C(=O)c3ccccc3C2Nc2ccc(F)cc2F)CC1. The number of hydrogen-bond donors (Lipinski definition) is 1. The van der Waals surface area contributed by atoms with Crippen LogP contribution >= 0.6 is 0 Å². The van der Waals surface area contributed by atoms with Gasteiger partial charge in [0.2, 0.25) is 0 Å². The van der Waals surface area contributed by atoms with E-state index in [1.54, 1.807) is 28.9 Å². The largest absolute Gasteiger partial charge is 0.450 e. The molecular formula is C22H23F2N3O3. The maximum absolute atomic E-state index is 14.3. The Bertz CT molecular complexity index is 960. The summed E-state index contributed by atoms with van der Waals surface area (Å²) in [5.74, 6) is -1.52. The number of nitrogens with one attached hydrogen (secondary N) is 1. The Labute approximate surface area is 173 Å². The van der Waals surface area contributed by atoms with E-state index in [9.17, 15) is 18.4 Å². The summed E-state index contributed by atoms with van der Waals surface area (Å²) in [6.45, 7) is 3.02. The van der Waals surface area contributed by atoms with Crippen LogP contribution in [0.3, 0.4) is 0 Å². The van der Waals surface area contributed by atoms with Gasteiger partial charge in [0.1, 0.15) is 17.8 Å². The van der Waals surface area contributed by atoms with Crippen LogP contribution in [0.25, 0.3) is 0 Å². The van der Waals surface area contributed by atoms with Gasteiger partial charge in [-0.2, -0.15) is 0 Å². The zero-order valence-electron chi connectivity index (χ0n) is 16.6. The highest BCUT2D eigenvalue weighted by molar-refractivity contribution is 5.99. The second-order valence-corrected chi connectivity index (χ2v) is 7.39. The van der Waals surface area contributed by atoms with Crippen LogP contribution in [0.5, 0.6) is 0 Å². The van der Waals surface area contributed by atoms with Crippen LogP contribution in [-0.4, -0.2) is 47.5 Å². The number of carbonyl (C=O) groups excluding carboxylic acids is 2. The first-order valence-electron chi connectivity index (χ1n) is 10.0. The molecule has 2 aromatic rings. The lowest BCUT2D eigenvalue weighted by molar-refractivity contribution is 0.0496. The number of benzene rings is 2. The number of anilines is 1. The number of rotatable bonds is 4. The fourth-order valence-electron chi connectivity index (χ4n) is 4.16. The lowest BCUT2D eigenvalue weighted by Gasteiger charge is -2.39. The van der Waals surface area contributed by atoms with Gasteiger partial charge in [0.25, 0.3) is 5.91 Å². The molecule has 2 aliphatic rings. The molecule has 2 aliphatic heterocycles. The first-order chi connectivity index (χ1) is 14.5. The van der Waals surface area contributed by atoms with Gasteiger partial charge < -0.3 is 19.9 Å². The number of nitrogens with zero attached hydrogens (tertiary/aromatic N) is 2. The summed E-state index contributed by atoms with van der Waals surface area (Å²) >= 11 is 0. The van der Waals surface area contributed by atoms with Gasteiger partial charge in [0, 0.05) is 36.3 Å². The summed E-state index contributed by atoms with van der Waals surface area (Å²) in [6, 6.07) is 10.4. The Kier molecular flexibility index (Phi) is 5.57. The van der Waals surface area contributed by atoms with E-state index in [4.69, 9.17) is 4.74 Å². The van der Waals surface area contributed by atoms with Crippen molar-refractivity contribution < 1.29 is 23.1 Å². The van der Waals surface area contributed by atoms with Gasteiger partial charge in [-0.05, 0) is 38.0 Å². The Balaban J connectivity index is 1.58. The number of carbonyl (C=O) groups is 2. The number of hydrogen-bond acceptors (Lipinski definition) is 4. The van der Waals surface area contributed by atoms with Crippen LogP contribution in [0.4, 0.5) is 19.3 Å². The molecule has 0 bridgehead atoms. The molecule has 4 rings (SSSR count). The second kappa shape index (κ2) is 8.30. The number of likely N-dealkylation sites (tertiary alicyclic amines) is 1. The van der Waals surface area contributed by atoms with Crippen LogP contribution in [0, 0.1) is 11.6 Å². The summed E-state index contributed by atoms with van der Waals surface area (Å²) in [4.78, 5) is 28.5. The Morgan fingerprint density at radius 3 is 2.60 bits per heavy atom. The maximum atomic E-state index is 14.3. The maximum Gasteiger partial charge on any atom is 0.409 e. The molecule has 0 aliphatic carbocycles. The van der Waals surface area contributed by atoms with Crippen molar-refractivity contribution in [3.8, 4) is 0 Å². The van der Waals surface area contributed by atoms with E-state index in [1.165, 1.54) is 12.1 Å². The highest BCUT2D eigenvalue weighted by Gasteiger charge is 2.42. The third kappa shape index (κ3) is 3.69. The van der Waals surface area contributed by atoms with E-state index >= 15 is 0 Å². The van der Waals surface area contributed by atoms with Crippen molar-refractivity contribution in [2.75, 3.05) is 25.0 Å². The molecule has 6 nitrogen and oxygen atoms in total. The minimum atomic E-state index is -0.719. The fourth-order valence-corrected chi connectivity index (χ4v) is 4.16. The summed E-state index contributed by atoms with van der Waals surface area (Å²) in [6.07, 6.45) is 0.244. The molecular weight excluding hydrogens is 392 g/mol. The molecule has 2 amide bonds. The molecule has 2 heterocycles. The van der Waals surface area contributed by atoms with Crippen LogP contribution in [0.2, 0.25) is 0 Å². The number of amides is 2. The van der Waals surface area contributed by atoms with Gasteiger partial charge in [-0.25, -0.2) is 13.6 Å². The quantitative estimate of drug-likeness (QED) is 0.815. The van der Waals surface area contributed by atoms with Crippen molar-refractivity contribution in [3.63, 3.8) is 0 Å². The van der Waals surface area contributed by atoms with Gasteiger partial charge in [0.05, 0.1) is 12.3 Å². The van der Waals surface area contributed by atoms with Crippen molar-refractivity contribution in [2.24, 2.45) is 0 Å². The van der Waals surface area contributed by atoms with Crippen LogP contribution in [0.15, 0.2) is 42.5 Å². The molecule has 0 saturated carbocycles.